The zero-order valence-electron chi connectivity index (χ0n) is 17.4. The molecule has 3 rings (SSSR count). The van der Waals surface area contributed by atoms with Gasteiger partial charge in [-0.15, -0.1) is 0 Å². The van der Waals surface area contributed by atoms with Gasteiger partial charge >= 0.3 is 0 Å². The molecule has 1 fully saturated rings. The first kappa shape index (κ1) is 22.0. The Morgan fingerprint density at radius 3 is 2.50 bits per heavy atom. The number of hydrogen-bond acceptors (Lipinski definition) is 5. The van der Waals surface area contributed by atoms with Crippen molar-refractivity contribution >= 4 is 24.0 Å². The van der Waals surface area contributed by atoms with Crippen LogP contribution in [-0.2, 0) is 16.1 Å². The molecule has 1 aromatic carbocycles. The van der Waals surface area contributed by atoms with Crippen LogP contribution in [0.5, 0.6) is 5.75 Å². The number of hydrogen-bond donors (Lipinski definition) is 2. The van der Waals surface area contributed by atoms with Crippen LogP contribution in [0.3, 0.4) is 0 Å². The lowest BCUT2D eigenvalue weighted by atomic mass is 10.2. The maximum absolute atomic E-state index is 12.3. The lowest BCUT2D eigenvalue weighted by Crippen LogP contribution is -2.35. The van der Waals surface area contributed by atoms with E-state index in [1.165, 1.54) is 12.8 Å². The Balaban J connectivity index is 1.48. The summed E-state index contributed by atoms with van der Waals surface area (Å²) in [4.78, 5) is 26.5. The number of likely N-dealkylation sites (tertiary alicyclic amines) is 1. The number of nitrogens with zero attached hydrogens (tertiary/aromatic N) is 3. The van der Waals surface area contributed by atoms with Crippen LogP contribution < -0.4 is 10.1 Å². The van der Waals surface area contributed by atoms with E-state index in [9.17, 15) is 9.59 Å². The van der Waals surface area contributed by atoms with Crippen molar-refractivity contribution in [3.63, 3.8) is 0 Å². The van der Waals surface area contributed by atoms with Gasteiger partial charge in [-0.05, 0) is 49.3 Å². The van der Waals surface area contributed by atoms with Crippen molar-refractivity contribution in [3.05, 3.63) is 29.0 Å². The molecule has 162 valence electrons. The molecule has 2 N–H and O–H groups in total. The maximum Gasteiger partial charge on any atom is 0.224 e. The van der Waals surface area contributed by atoms with Crippen LogP contribution in [0.4, 0.5) is 0 Å². The van der Waals surface area contributed by atoms with Crippen molar-refractivity contribution in [2.45, 2.75) is 45.1 Å². The highest BCUT2D eigenvalue weighted by molar-refractivity contribution is 7.71. The molecule has 30 heavy (non-hydrogen) atoms. The predicted octanol–water partition coefficient (Wildman–Crippen LogP) is 2.92. The smallest absolute Gasteiger partial charge is 0.224 e. The van der Waals surface area contributed by atoms with Crippen LogP contribution in [0.2, 0.25) is 0 Å². The molecule has 0 saturated carbocycles. The number of rotatable bonds is 8. The minimum atomic E-state index is -0.109. The van der Waals surface area contributed by atoms with Crippen molar-refractivity contribution in [3.8, 4) is 17.1 Å². The monoisotopic (exact) mass is 431 g/mol. The molecule has 1 aromatic heterocycles. The average molecular weight is 432 g/mol. The van der Waals surface area contributed by atoms with Crippen LogP contribution in [0, 0.1) is 4.77 Å². The number of nitrogens with one attached hydrogen (secondary N) is 2. The van der Waals surface area contributed by atoms with E-state index in [2.05, 4.69) is 15.5 Å². The lowest BCUT2D eigenvalue weighted by molar-refractivity contribution is -0.131. The van der Waals surface area contributed by atoms with E-state index in [1.54, 1.807) is 11.7 Å². The summed E-state index contributed by atoms with van der Waals surface area (Å²) in [5.41, 5.74) is 0.881. The fourth-order valence-corrected chi connectivity index (χ4v) is 3.80. The summed E-state index contributed by atoms with van der Waals surface area (Å²) in [5.74, 6) is 1.44. The molecule has 0 bridgehead atoms. The Morgan fingerprint density at radius 1 is 1.13 bits per heavy atom. The van der Waals surface area contributed by atoms with Crippen molar-refractivity contribution in [1.82, 2.24) is 25.0 Å². The van der Waals surface area contributed by atoms with E-state index >= 15 is 0 Å². The third kappa shape index (κ3) is 5.91. The summed E-state index contributed by atoms with van der Waals surface area (Å²) >= 11 is 5.32. The van der Waals surface area contributed by atoms with Crippen molar-refractivity contribution in [2.24, 2.45) is 0 Å². The van der Waals surface area contributed by atoms with E-state index in [4.69, 9.17) is 17.0 Å². The highest BCUT2D eigenvalue weighted by Gasteiger charge is 2.16. The maximum atomic E-state index is 12.3. The zero-order chi connectivity index (χ0) is 21.3. The molecule has 2 heterocycles. The average Bonchev–Trinajstić information content (AvgIpc) is 2.95. The minimum Gasteiger partial charge on any atom is -0.497 e. The van der Waals surface area contributed by atoms with Crippen LogP contribution >= 0.6 is 12.2 Å². The summed E-state index contributed by atoms with van der Waals surface area (Å²) in [6.45, 7) is 2.43. The molecule has 0 unspecified atom stereocenters. The van der Waals surface area contributed by atoms with Gasteiger partial charge in [-0.25, -0.2) is 0 Å². The summed E-state index contributed by atoms with van der Waals surface area (Å²) in [5, 5.41) is 9.92. The number of H-pyrrole nitrogens is 1. The Kier molecular flexibility index (Phi) is 8.01. The van der Waals surface area contributed by atoms with Crippen LogP contribution in [-0.4, -0.2) is 58.2 Å². The zero-order valence-corrected chi connectivity index (χ0v) is 18.2. The van der Waals surface area contributed by atoms with Gasteiger partial charge in [-0.2, -0.15) is 5.10 Å². The fraction of sp³-hybridized carbons (Fsp3) is 0.524. The Hall–Kier alpha value is -2.68. The summed E-state index contributed by atoms with van der Waals surface area (Å²) in [6.07, 6.45) is 5.12. The molecule has 0 spiro atoms. The SMILES string of the molecule is COc1ccc(-c2n[nH]c(=S)n2CCC(=O)NCCC(=O)N2CCCCCC2)cc1. The van der Waals surface area contributed by atoms with E-state index in [0.717, 1.165) is 37.2 Å². The fourth-order valence-electron chi connectivity index (χ4n) is 3.57. The third-order valence-electron chi connectivity index (χ3n) is 5.29. The molecular formula is C21H29N5O3S. The summed E-state index contributed by atoms with van der Waals surface area (Å²) in [7, 11) is 1.62. The molecule has 1 aliphatic heterocycles. The number of aromatic nitrogens is 3. The number of benzene rings is 1. The van der Waals surface area contributed by atoms with Gasteiger partial charge in [0.05, 0.1) is 7.11 Å². The van der Waals surface area contributed by atoms with Gasteiger partial charge in [-0.1, -0.05) is 12.8 Å². The molecular weight excluding hydrogens is 402 g/mol. The Bertz CT molecular complexity index is 898. The van der Waals surface area contributed by atoms with E-state index in [1.807, 2.05) is 29.2 Å². The number of amides is 2. The largest absolute Gasteiger partial charge is 0.497 e. The first-order chi connectivity index (χ1) is 14.6. The number of ether oxygens (including phenoxy) is 1. The lowest BCUT2D eigenvalue weighted by Gasteiger charge is -2.20. The molecule has 0 radical (unpaired) electrons. The standard InChI is InChI=1S/C21H29N5O3S/c1-29-17-8-6-16(7-9-17)20-23-24-21(30)26(20)15-11-18(27)22-12-10-19(28)25-13-4-2-3-5-14-25/h6-9H,2-5,10-15H2,1H3,(H,22,27)(H,24,30). The molecule has 1 aliphatic rings. The van der Waals surface area contributed by atoms with Gasteiger partial charge in [0, 0.05) is 44.6 Å². The van der Waals surface area contributed by atoms with Gasteiger partial charge in [0.25, 0.3) is 0 Å². The Morgan fingerprint density at radius 2 is 1.83 bits per heavy atom. The Labute approximate surface area is 181 Å². The van der Waals surface area contributed by atoms with Crippen molar-refractivity contribution in [1.29, 1.82) is 0 Å². The molecule has 1 saturated heterocycles. The molecule has 8 nitrogen and oxygen atoms in total. The quantitative estimate of drug-likeness (QED) is 0.627. The summed E-state index contributed by atoms with van der Waals surface area (Å²) in [6, 6.07) is 7.50. The number of aromatic amines is 1. The normalized spacial score (nSPS) is 14.2. The number of carbonyl (C=O) groups is 2. The number of methoxy groups -OCH3 is 1. The highest BCUT2D eigenvalue weighted by atomic mass is 32.1. The molecule has 2 aromatic rings. The minimum absolute atomic E-state index is 0.109. The van der Waals surface area contributed by atoms with Crippen LogP contribution in [0.25, 0.3) is 11.4 Å². The first-order valence-corrected chi connectivity index (χ1v) is 10.8. The predicted molar refractivity (Wildman–Crippen MR) is 117 cm³/mol. The van der Waals surface area contributed by atoms with Gasteiger partial charge in [0.2, 0.25) is 11.8 Å². The van der Waals surface area contributed by atoms with Gasteiger partial charge in [0.15, 0.2) is 10.6 Å². The third-order valence-corrected chi connectivity index (χ3v) is 5.60. The van der Waals surface area contributed by atoms with E-state index < -0.39 is 0 Å². The number of carbonyl (C=O) groups excluding carboxylic acids is 2. The van der Waals surface area contributed by atoms with Crippen LogP contribution in [0.1, 0.15) is 38.5 Å². The molecule has 9 heteroatoms. The highest BCUT2D eigenvalue weighted by Crippen LogP contribution is 2.21. The van der Waals surface area contributed by atoms with Gasteiger partial charge in [0.1, 0.15) is 5.75 Å². The van der Waals surface area contributed by atoms with Gasteiger partial charge in [-0.3, -0.25) is 19.3 Å². The topological polar surface area (TPSA) is 92.2 Å². The van der Waals surface area contributed by atoms with E-state index in [-0.39, 0.29) is 18.2 Å². The molecule has 0 atom stereocenters. The molecule has 0 aliphatic carbocycles. The van der Waals surface area contributed by atoms with Gasteiger partial charge < -0.3 is 15.0 Å². The molecule has 2 amide bonds. The first-order valence-electron chi connectivity index (χ1n) is 10.4. The second kappa shape index (κ2) is 10.9. The van der Waals surface area contributed by atoms with E-state index in [0.29, 0.717) is 30.1 Å². The van der Waals surface area contributed by atoms with Crippen molar-refractivity contribution < 1.29 is 14.3 Å². The second-order valence-electron chi connectivity index (χ2n) is 7.38. The van der Waals surface area contributed by atoms with Crippen molar-refractivity contribution in [2.75, 3.05) is 26.7 Å². The summed E-state index contributed by atoms with van der Waals surface area (Å²) < 4.78 is 7.45. The van der Waals surface area contributed by atoms with Crippen LogP contribution in [0.15, 0.2) is 24.3 Å². The second-order valence-corrected chi connectivity index (χ2v) is 7.76.